The van der Waals surface area contributed by atoms with Crippen molar-refractivity contribution in [1.82, 2.24) is 14.9 Å². The van der Waals surface area contributed by atoms with Gasteiger partial charge in [0.2, 0.25) is 0 Å². The number of benzene rings is 9. The number of aryl methyl sites for hydroxylation is 1. The van der Waals surface area contributed by atoms with Crippen molar-refractivity contribution in [1.29, 1.82) is 0 Å². The molecule has 0 bridgehead atoms. The molecule has 4 spiro atoms. The van der Waals surface area contributed by atoms with E-state index in [2.05, 4.69) is 128 Å². The van der Waals surface area contributed by atoms with E-state index >= 15 is 4.39 Å². The van der Waals surface area contributed by atoms with E-state index < -0.39 is 53.0 Å². The maximum absolute atomic E-state index is 15.8. The standard InChI is InChI=1S/C34H37ClFN3O5S2.C24H25NO4.C23H23ClFN3O3S2.C16H23NO2.C16H22O3/c1-24-20-27(42-2)9-8-25(24)23-39(32-38-16-19-45-32)46(40,41)31-21-28(35)30(22-29(31)36)37-15-14-33(26-6-4-3-5-7-26)10-12-34(13-11-33)43-17-18-44-34;26-21-19-8-4-5-9-20(19)22(27)25(21)15-14-23(18-6-2-1-3-7-18)10-12-24(13-11-23)28-16-17-29-24;24-18-14-21(33(30,31)28-22-27-12-13-32-22)19(25)15-20(18)26-11-10-23(8-6-17(29)7-9-23)16-4-2-1-3-5-16;2*17-11-10-15(14-4-2-1-3-5-14)6-8-16(9-7-15)18-12-13-19-16/h3-9,16,19-22,37H,10-15,17-18,23H2,1-2H3;1-9H,10-17H2;1-5,12-15,26H,6-11H2,(H,27,28);1-5H,6-13,17H2;1-5,17H,6-13H2. The molecule has 0 unspecified atom stereocenters. The maximum atomic E-state index is 15.8. The third-order valence-electron chi connectivity index (χ3n) is 31.6. The highest BCUT2D eigenvalue weighted by atomic mass is 35.5. The van der Waals surface area contributed by atoms with Gasteiger partial charge in [0.15, 0.2) is 33.4 Å². The molecule has 33 heteroatoms. The van der Waals surface area contributed by atoms with Gasteiger partial charge >= 0.3 is 0 Å². The van der Waals surface area contributed by atoms with Gasteiger partial charge in [0.25, 0.3) is 31.9 Å². The van der Waals surface area contributed by atoms with Gasteiger partial charge in [0.05, 0.1) is 99.1 Å². The van der Waals surface area contributed by atoms with Crippen LogP contribution >= 0.6 is 45.9 Å². The number of halogens is 4. The molecule has 10 aliphatic rings. The second-order valence-electron chi connectivity index (χ2n) is 39.7. The molecule has 2 aromatic heterocycles. The third kappa shape index (κ3) is 24.5. The zero-order valence-corrected chi connectivity index (χ0v) is 87.4. The molecule has 146 heavy (non-hydrogen) atoms. The number of nitrogens with one attached hydrogen (secondary N) is 3. The van der Waals surface area contributed by atoms with E-state index in [0.717, 1.165) is 231 Å². The van der Waals surface area contributed by atoms with E-state index in [1.165, 1.54) is 57.2 Å². The van der Waals surface area contributed by atoms with Gasteiger partial charge in [-0.05, 0) is 224 Å². The minimum Gasteiger partial charge on any atom is -0.497 e. The van der Waals surface area contributed by atoms with Crippen molar-refractivity contribution in [3.05, 3.63) is 313 Å². The van der Waals surface area contributed by atoms with Gasteiger partial charge in [-0.3, -0.25) is 24.0 Å². The quantitative estimate of drug-likeness (QED) is 0.0272. The largest absolute Gasteiger partial charge is 0.497 e. The molecule has 6 N–H and O–H groups in total. The summed E-state index contributed by atoms with van der Waals surface area (Å²) in [6.45, 7) is 9.73. The SMILES string of the molecule is COc1ccc(CN(c2nccs2)S(=O)(=O)c2cc(Cl)c(NCCC3(c4ccccc4)CCC4(CC3)OCCO4)cc2F)c(C)c1.NCCC1(c2ccccc2)CCC2(CC1)OCCO2.O=C1CCC(CCNc2cc(F)c(S(=O)(=O)Nc3nccs3)cc2Cl)(c2ccccc2)CC1.O=C1c2ccccc2C(=O)N1CCC1(c2ccccc2)CCC2(CC1)OCCO2.OCCC1(c2ccccc2)CCC2(CC1)OCCO2. The highest BCUT2D eigenvalue weighted by molar-refractivity contribution is 7.93. The van der Waals surface area contributed by atoms with Crippen LogP contribution in [0.25, 0.3) is 0 Å². The summed E-state index contributed by atoms with van der Waals surface area (Å²) in [5, 5.41) is 19.7. The van der Waals surface area contributed by atoms with Crippen LogP contribution in [0.5, 0.6) is 5.75 Å². The molecule has 5 aliphatic carbocycles. The van der Waals surface area contributed by atoms with Gasteiger partial charge in [0.1, 0.15) is 33.0 Å². The zero-order chi connectivity index (χ0) is 102. The summed E-state index contributed by atoms with van der Waals surface area (Å²) in [6, 6.07) is 69.4. The number of carbonyl (C=O) groups excluding carboxylic acids is 3. The summed E-state index contributed by atoms with van der Waals surface area (Å²) < 4.78 is 139. The van der Waals surface area contributed by atoms with Crippen molar-refractivity contribution in [3.8, 4) is 5.75 Å². The van der Waals surface area contributed by atoms with Gasteiger partial charge in [-0.2, -0.15) is 0 Å². The number of hydrogen-bond acceptors (Lipinski definition) is 24. The molecule has 5 saturated carbocycles. The highest BCUT2D eigenvalue weighted by Gasteiger charge is 2.52. The lowest BCUT2D eigenvalue weighted by molar-refractivity contribution is -0.186. The Morgan fingerprint density at radius 2 is 0.815 bits per heavy atom. The Bertz CT molecular complexity index is 6290. The van der Waals surface area contributed by atoms with Crippen LogP contribution in [0, 0.1) is 18.6 Å². The number of nitrogens with two attached hydrogens (primary N) is 1. The summed E-state index contributed by atoms with van der Waals surface area (Å²) in [5.74, 6) is -2.76. The van der Waals surface area contributed by atoms with Crippen LogP contribution in [-0.4, -0.2) is 170 Å². The molecule has 776 valence electrons. The Kier molecular flexibility index (Phi) is 34.9. The lowest BCUT2D eigenvalue weighted by Crippen LogP contribution is -2.44. The average molecular weight is 2110 g/mol. The van der Waals surface area contributed by atoms with E-state index in [9.17, 15) is 40.7 Å². The van der Waals surface area contributed by atoms with E-state index in [0.29, 0.717) is 87.2 Å². The highest BCUT2D eigenvalue weighted by Crippen LogP contribution is 2.54. The fourth-order valence-electron chi connectivity index (χ4n) is 23.1. The first-order chi connectivity index (χ1) is 70.6. The van der Waals surface area contributed by atoms with E-state index in [1.54, 1.807) is 54.3 Å². The molecule has 0 radical (unpaired) electrons. The number of hydrogen-bond donors (Lipinski definition) is 5. The maximum Gasteiger partial charge on any atom is 0.269 e. The lowest BCUT2D eigenvalue weighted by atomic mass is 9.66. The fraction of sp³-hybridized carbons (Fsp3) is 0.442. The summed E-state index contributed by atoms with van der Waals surface area (Å²) in [7, 11) is -6.97. The van der Waals surface area contributed by atoms with Crippen LogP contribution in [-0.2, 0) is 96.4 Å². The van der Waals surface area contributed by atoms with Crippen molar-refractivity contribution in [3.63, 3.8) is 0 Å². The molecule has 25 nitrogen and oxygen atoms in total. The predicted molar refractivity (Wildman–Crippen MR) is 563 cm³/mol. The number of ether oxygens (including phenoxy) is 9. The molecular weight excluding hydrogens is 1980 g/mol. The average Bonchev–Trinajstić information content (AvgIpc) is 1.19. The van der Waals surface area contributed by atoms with Crippen molar-refractivity contribution < 1.29 is 87.7 Å². The van der Waals surface area contributed by atoms with Gasteiger partial charge < -0.3 is 64.1 Å². The second-order valence-corrected chi connectivity index (χ2v) is 45.8. The smallest absolute Gasteiger partial charge is 0.269 e. The first-order valence-corrected chi connectivity index (χ1v) is 56.2. The predicted octanol–water partition coefficient (Wildman–Crippen LogP) is 22.5. The first kappa shape index (κ1) is 107. The van der Waals surface area contributed by atoms with Crippen molar-refractivity contribution in [2.24, 2.45) is 5.73 Å². The van der Waals surface area contributed by atoms with Gasteiger partial charge in [-0.1, -0.05) is 193 Å². The zero-order valence-electron chi connectivity index (χ0n) is 82.7. The summed E-state index contributed by atoms with van der Waals surface area (Å²) in [4.78, 5) is 45.9. The van der Waals surface area contributed by atoms with Crippen LogP contribution in [0.15, 0.2) is 251 Å². The van der Waals surface area contributed by atoms with E-state index in [1.807, 2.05) is 61.5 Å². The number of thiazole rings is 2. The number of imide groups is 1. The number of ketones is 1. The Morgan fingerprint density at radius 3 is 1.18 bits per heavy atom. The topological polar surface area (TPSA) is 317 Å². The number of rotatable bonds is 29. The summed E-state index contributed by atoms with van der Waals surface area (Å²) in [5.41, 5.74) is 15.6. The fourth-order valence-corrected chi connectivity index (χ4v) is 27.9. The molecule has 9 fully saturated rings. The number of anilines is 4. The van der Waals surface area contributed by atoms with Crippen molar-refractivity contribution >= 4 is 105 Å². The van der Waals surface area contributed by atoms with Gasteiger partial charge in [-0.25, -0.2) is 39.9 Å². The number of amides is 2. The minimum atomic E-state index is -4.38. The Labute approximate surface area is 872 Å². The van der Waals surface area contributed by atoms with Crippen LogP contribution in [0.4, 0.5) is 30.4 Å². The summed E-state index contributed by atoms with van der Waals surface area (Å²) >= 11 is 15.2. The third-order valence-corrected chi connectivity index (χ3v) is 37.1. The molecule has 11 aromatic rings. The normalized spacial score (nSPS) is 21.8. The molecule has 9 aromatic carbocycles. The Hall–Kier alpha value is -10.0. The van der Waals surface area contributed by atoms with Crippen LogP contribution in [0.1, 0.15) is 220 Å². The lowest BCUT2D eigenvalue weighted by Gasteiger charge is -2.44. The van der Waals surface area contributed by atoms with Crippen LogP contribution in [0.3, 0.4) is 0 Å². The molecule has 0 atom stereocenters. The number of nitrogens with zero attached hydrogens (tertiary/aromatic N) is 4. The Morgan fingerprint density at radius 1 is 0.452 bits per heavy atom. The molecule has 5 aliphatic heterocycles. The monoisotopic (exact) mass is 2110 g/mol. The molecule has 2 amide bonds. The van der Waals surface area contributed by atoms with Gasteiger partial charge in [0, 0.05) is 114 Å². The van der Waals surface area contributed by atoms with Crippen molar-refractivity contribution in [2.45, 2.75) is 234 Å². The van der Waals surface area contributed by atoms with Crippen LogP contribution in [0.2, 0.25) is 10.0 Å². The first-order valence-electron chi connectivity index (χ1n) is 50.8. The number of Topliss-reactive ketones (excluding diaryl/α,β-unsaturated/α-hetero) is 1. The number of carbonyl (C=O) groups is 3. The number of sulfonamides is 2. The number of aliphatic hydroxyl groups is 1. The van der Waals surface area contributed by atoms with Crippen LogP contribution < -0.4 is 30.1 Å². The molecule has 4 saturated heterocycles. The minimum absolute atomic E-state index is 0.0400. The van der Waals surface area contributed by atoms with Gasteiger partial charge in [-0.15, -0.1) is 22.7 Å². The van der Waals surface area contributed by atoms with E-state index in [4.69, 9.17) is 71.6 Å². The number of aliphatic hydroxyl groups excluding tert-OH is 1. The number of fused-ring (bicyclic) bond motifs is 1. The second kappa shape index (κ2) is 47.5. The number of methoxy groups -OCH3 is 1. The number of aromatic nitrogens is 2. The summed E-state index contributed by atoms with van der Waals surface area (Å²) in [6.07, 6.45) is 24.7. The van der Waals surface area contributed by atoms with E-state index in [-0.39, 0.29) is 89.7 Å². The molecule has 21 rings (SSSR count). The molecule has 7 heterocycles. The van der Waals surface area contributed by atoms with Crippen molar-refractivity contribution in [2.75, 3.05) is 112 Å². The molecular formula is C113H130Cl2F2N8O17S4. The Balaban J connectivity index is 0.000000130.